The van der Waals surface area contributed by atoms with Crippen LogP contribution in [0.5, 0.6) is 0 Å². The minimum atomic E-state index is -0.621. The van der Waals surface area contributed by atoms with E-state index in [4.69, 9.17) is 11.6 Å². The molecule has 2 heterocycles. The van der Waals surface area contributed by atoms with E-state index in [0.29, 0.717) is 4.47 Å². The maximum absolute atomic E-state index is 13.5. The van der Waals surface area contributed by atoms with Crippen molar-refractivity contribution < 1.29 is 9.31 Å². The molecule has 9 heteroatoms. The molecule has 6 nitrogen and oxygen atoms in total. The van der Waals surface area contributed by atoms with Crippen LogP contribution in [0.4, 0.5) is 10.1 Å². The number of aromatic amines is 1. The third-order valence-electron chi connectivity index (χ3n) is 3.09. The van der Waals surface area contributed by atoms with Gasteiger partial charge in [0.1, 0.15) is 5.82 Å². The van der Waals surface area contributed by atoms with Gasteiger partial charge in [-0.25, -0.2) is 9.18 Å². The van der Waals surface area contributed by atoms with E-state index in [2.05, 4.69) is 20.9 Å². The number of H-pyrrole nitrogens is 1. The number of imidazole rings is 1. The minimum absolute atomic E-state index is 0.0192. The van der Waals surface area contributed by atoms with Crippen LogP contribution in [0.25, 0.3) is 16.8 Å². The van der Waals surface area contributed by atoms with Crippen LogP contribution in [-0.4, -0.2) is 14.3 Å². The molecule has 0 saturated heterocycles. The predicted octanol–water partition coefficient (Wildman–Crippen LogP) is 3.76. The average Bonchev–Trinajstić information content (AvgIpc) is 2.78. The maximum Gasteiger partial charge on any atom is 0.330 e. The van der Waals surface area contributed by atoms with Gasteiger partial charge in [-0.3, -0.25) is 14.5 Å². The summed E-state index contributed by atoms with van der Waals surface area (Å²) in [7, 11) is 0. The number of rotatable bonds is 2. The highest BCUT2D eigenvalue weighted by Gasteiger charge is 2.23. The van der Waals surface area contributed by atoms with Crippen LogP contribution in [0, 0.1) is 15.9 Å². The number of fused-ring (bicyclic) bond motifs is 1. The Kier molecular flexibility index (Phi) is 3.50. The molecule has 0 spiro atoms. The van der Waals surface area contributed by atoms with Gasteiger partial charge >= 0.3 is 5.69 Å². The van der Waals surface area contributed by atoms with Gasteiger partial charge < -0.3 is 4.98 Å². The fraction of sp³-hybridized carbons (Fsp3) is 0. The van der Waals surface area contributed by atoms with Gasteiger partial charge in [-0.05, 0) is 34.1 Å². The molecule has 0 bridgehead atoms. The molecule has 3 aromatic rings. The summed E-state index contributed by atoms with van der Waals surface area (Å²) in [4.78, 5) is 25.2. The number of nitrogens with one attached hydrogen (secondary N) is 1. The zero-order valence-electron chi connectivity index (χ0n) is 10.6. The highest BCUT2D eigenvalue weighted by atomic mass is 79.9. The lowest BCUT2D eigenvalue weighted by atomic mass is 10.1. The lowest BCUT2D eigenvalue weighted by molar-refractivity contribution is -0.383. The van der Waals surface area contributed by atoms with E-state index in [-0.39, 0.29) is 27.5 Å². The second-order valence-electron chi connectivity index (χ2n) is 4.45. The summed E-state index contributed by atoms with van der Waals surface area (Å²) in [5.41, 5.74) is -0.608. The SMILES string of the molecule is O=c1[nH]c(-c2cc(F)ccc2Cl)c2c([N+](=O)[O-])cc(Br)cn12. The second-order valence-corrected chi connectivity index (χ2v) is 5.77. The first-order chi connectivity index (χ1) is 10.4. The summed E-state index contributed by atoms with van der Waals surface area (Å²) in [5, 5.41) is 11.4. The van der Waals surface area contributed by atoms with Crippen molar-refractivity contribution in [3.05, 3.63) is 66.4 Å². The molecule has 0 atom stereocenters. The van der Waals surface area contributed by atoms with Crippen molar-refractivity contribution in [1.29, 1.82) is 0 Å². The van der Waals surface area contributed by atoms with Crippen molar-refractivity contribution in [2.24, 2.45) is 0 Å². The zero-order valence-corrected chi connectivity index (χ0v) is 13.0. The molecule has 1 N–H and O–H groups in total. The Morgan fingerprint density at radius 2 is 2.09 bits per heavy atom. The first-order valence-electron chi connectivity index (χ1n) is 5.92. The van der Waals surface area contributed by atoms with E-state index in [0.717, 1.165) is 16.5 Å². The average molecular weight is 387 g/mol. The molecule has 0 aliphatic carbocycles. The Balaban J connectivity index is 2.48. The van der Waals surface area contributed by atoms with Gasteiger partial charge in [-0.15, -0.1) is 0 Å². The van der Waals surface area contributed by atoms with E-state index >= 15 is 0 Å². The molecular formula is C13H6BrClFN3O3. The van der Waals surface area contributed by atoms with Crippen molar-refractivity contribution in [3.63, 3.8) is 0 Å². The summed E-state index contributed by atoms with van der Waals surface area (Å²) in [5.74, 6) is -0.570. The minimum Gasteiger partial charge on any atom is -0.304 e. The van der Waals surface area contributed by atoms with Gasteiger partial charge in [0, 0.05) is 22.3 Å². The van der Waals surface area contributed by atoms with E-state index < -0.39 is 16.4 Å². The normalized spacial score (nSPS) is 11.0. The number of aromatic nitrogens is 2. The molecule has 2 aromatic heterocycles. The monoisotopic (exact) mass is 385 g/mol. The number of hydrogen-bond donors (Lipinski definition) is 1. The van der Waals surface area contributed by atoms with Crippen LogP contribution < -0.4 is 5.69 Å². The topological polar surface area (TPSA) is 80.4 Å². The van der Waals surface area contributed by atoms with Crippen LogP contribution in [0.15, 0.2) is 39.7 Å². The largest absolute Gasteiger partial charge is 0.330 e. The molecule has 0 saturated carbocycles. The highest BCUT2D eigenvalue weighted by Crippen LogP contribution is 2.34. The Labute approximate surface area is 135 Å². The third-order valence-corrected chi connectivity index (χ3v) is 3.86. The summed E-state index contributed by atoms with van der Waals surface area (Å²) in [6, 6.07) is 4.85. The van der Waals surface area contributed by atoms with Crippen molar-refractivity contribution in [2.75, 3.05) is 0 Å². The van der Waals surface area contributed by atoms with E-state index in [9.17, 15) is 19.3 Å². The molecule has 112 valence electrons. The number of halogens is 3. The summed E-state index contributed by atoms with van der Waals surface area (Å²) < 4.78 is 14.9. The van der Waals surface area contributed by atoms with Gasteiger partial charge in [-0.2, -0.15) is 0 Å². The van der Waals surface area contributed by atoms with Gasteiger partial charge in [0.15, 0.2) is 5.52 Å². The van der Waals surface area contributed by atoms with E-state index in [1.54, 1.807) is 0 Å². The highest BCUT2D eigenvalue weighted by molar-refractivity contribution is 9.10. The number of hydrogen-bond acceptors (Lipinski definition) is 3. The molecule has 1 aromatic carbocycles. The maximum atomic E-state index is 13.5. The van der Waals surface area contributed by atoms with Gasteiger partial charge in [0.2, 0.25) is 0 Å². The van der Waals surface area contributed by atoms with E-state index in [1.807, 2.05) is 0 Å². The zero-order chi connectivity index (χ0) is 16.0. The van der Waals surface area contributed by atoms with Crippen molar-refractivity contribution in [3.8, 4) is 11.3 Å². The van der Waals surface area contributed by atoms with Gasteiger partial charge in [0.25, 0.3) is 5.69 Å². The quantitative estimate of drug-likeness (QED) is 0.538. The van der Waals surface area contributed by atoms with Crippen molar-refractivity contribution >= 4 is 38.7 Å². The van der Waals surface area contributed by atoms with Crippen LogP contribution in [0.2, 0.25) is 5.02 Å². The van der Waals surface area contributed by atoms with Crippen LogP contribution in [0.1, 0.15) is 0 Å². The molecule has 0 radical (unpaired) electrons. The Bertz CT molecular complexity index is 983. The van der Waals surface area contributed by atoms with Gasteiger partial charge in [-0.1, -0.05) is 11.6 Å². The van der Waals surface area contributed by atoms with Crippen LogP contribution in [-0.2, 0) is 0 Å². The standard InChI is InChI=1S/C13H6BrClFN3O3/c14-6-3-10(19(21)22)12-11(17-13(20)18(12)5-6)8-4-7(16)1-2-9(8)15/h1-5H,(H,17,20). The van der Waals surface area contributed by atoms with Gasteiger partial charge in [0.05, 0.1) is 15.6 Å². The lowest BCUT2D eigenvalue weighted by Gasteiger charge is -2.04. The molecule has 0 aliphatic heterocycles. The Morgan fingerprint density at radius 1 is 1.36 bits per heavy atom. The molecule has 0 unspecified atom stereocenters. The fourth-order valence-corrected chi connectivity index (χ4v) is 2.84. The molecule has 0 aliphatic rings. The summed E-state index contributed by atoms with van der Waals surface area (Å²) in [6.45, 7) is 0. The molecule has 0 fully saturated rings. The van der Waals surface area contributed by atoms with Crippen LogP contribution >= 0.6 is 27.5 Å². The number of pyridine rings is 1. The summed E-state index contributed by atoms with van der Waals surface area (Å²) in [6.07, 6.45) is 1.39. The Hall–Kier alpha value is -2.19. The number of nitrogens with zero attached hydrogens (tertiary/aromatic N) is 2. The third kappa shape index (κ3) is 2.30. The van der Waals surface area contributed by atoms with Crippen LogP contribution in [0.3, 0.4) is 0 Å². The van der Waals surface area contributed by atoms with E-state index in [1.165, 1.54) is 18.3 Å². The van der Waals surface area contributed by atoms with Crippen molar-refractivity contribution in [2.45, 2.75) is 0 Å². The first-order valence-corrected chi connectivity index (χ1v) is 7.09. The summed E-state index contributed by atoms with van der Waals surface area (Å²) >= 11 is 9.14. The fourth-order valence-electron chi connectivity index (χ4n) is 2.21. The molecule has 3 rings (SSSR count). The lowest BCUT2D eigenvalue weighted by Crippen LogP contribution is -2.09. The Morgan fingerprint density at radius 3 is 2.77 bits per heavy atom. The first kappa shape index (κ1) is 14.7. The molecule has 0 amide bonds. The smallest absolute Gasteiger partial charge is 0.304 e. The molecular weight excluding hydrogens is 381 g/mol. The predicted molar refractivity (Wildman–Crippen MR) is 82.8 cm³/mol. The van der Waals surface area contributed by atoms with Crippen molar-refractivity contribution in [1.82, 2.24) is 9.38 Å². The number of nitro groups is 1. The second kappa shape index (κ2) is 5.22. The number of benzene rings is 1. The molecule has 22 heavy (non-hydrogen) atoms.